The molecule has 200 valence electrons. The van der Waals surface area contributed by atoms with Crippen molar-refractivity contribution >= 4 is 54.3 Å². The first-order valence-electron chi connectivity index (χ1n) is 15.2. The zero-order chi connectivity index (χ0) is 29.2. The zero-order valence-electron chi connectivity index (χ0n) is 24.3. The van der Waals surface area contributed by atoms with E-state index in [1.807, 2.05) is 24.3 Å². The Hall–Kier alpha value is -5.66. The maximum atomic E-state index is 8.05. The minimum absolute atomic E-state index is 0.532. The van der Waals surface area contributed by atoms with Gasteiger partial charge in [0, 0.05) is 10.8 Å². The predicted molar refractivity (Wildman–Crippen MR) is 183 cm³/mol. The quantitative estimate of drug-likeness (QED) is 0.201. The minimum atomic E-state index is 0.532. The third-order valence-electron chi connectivity index (χ3n) is 8.77. The van der Waals surface area contributed by atoms with E-state index in [2.05, 4.69) is 127 Å². The van der Waals surface area contributed by atoms with Gasteiger partial charge < -0.3 is 4.42 Å². The highest BCUT2D eigenvalue weighted by Gasteiger charge is 2.18. The van der Waals surface area contributed by atoms with Crippen LogP contribution in [-0.2, 0) is 0 Å². The number of rotatable bonds is 3. The van der Waals surface area contributed by atoms with Crippen LogP contribution in [0.25, 0.3) is 87.6 Å². The van der Waals surface area contributed by atoms with Crippen molar-refractivity contribution < 1.29 is 5.79 Å². The van der Waals surface area contributed by atoms with E-state index in [-0.39, 0.29) is 0 Å². The number of furan rings is 1. The van der Waals surface area contributed by atoms with Gasteiger partial charge in [-0.15, -0.1) is 0 Å². The van der Waals surface area contributed by atoms with Crippen LogP contribution in [0.15, 0.2) is 162 Å². The maximum Gasteiger partial charge on any atom is 0.136 e. The molecule has 43 heavy (non-hydrogen) atoms. The highest BCUT2D eigenvalue weighted by molar-refractivity contribution is 6.22. The molecule has 0 saturated carbocycles. The molecular formula is C42H26O. The Balaban J connectivity index is 1.31. The van der Waals surface area contributed by atoms with Gasteiger partial charge in [-0.05, 0) is 90.0 Å². The van der Waals surface area contributed by atoms with E-state index < -0.39 is 0 Å². The molecule has 1 nitrogen and oxygen atoms in total. The summed E-state index contributed by atoms with van der Waals surface area (Å²) < 4.78 is 14.3. The SMILES string of the molecule is [2H]c1ccc2cc(-c3c4ccccc4c(-c4cccc(-c5cccc6oc7ccccc7c56)c4)c4ccccc34)ccc2c1. The lowest BCUT2D eigenvalue weighted by molar-refractivity contribution is 0.669. The summed E-state index contributed by atoms with van der Waals surface area (Å²) in [5.74, 6) is 0. The average Bonchev–Trinajstić information content (AvgIpc) is 3.46. The smallest absolute Gasteiger partial charge is 0.136 e. The molecule has 0 unspecified atom stereocenters. The lowest BCUT2D eigenvalue weighted by atomic mass is 9.85. The van der Waals surface area contributed by atoms with Gasteiger partial charge in [0.25, 0.3) is 0 Å². The van der Waals surface area contributed by atoms with Crippen molar-refractivity contribution in [2.75, 3.05) is 0 Å². The molecule has 0 atom stereocenters. The third kappa shape index (κ3) is 3.72. The topological polar surface area (TPSA) is 13.1 Å². The minimum Gasteiger partial charge on any atom is -0.456 e. The molecule has 0 bridgehead atoms. The first-order chi connectivity index (χ1) is 21.7. The summed E-state index contributed by atoms with van der Waals surface area (Å²) in [6.45, 7) is 0. The molecule has 0 amide bonds. The maximum absolute atomic E-state index is 8.05. The summed E-state index contributed by atoms with van der Waals surface area (Å²) in [6, 6.07) is 54.1. The van der Waals surface area contributed by atoms with E-state index >= 15 is 0 Å². The van der Waals surface area contributed by atoms with E-state index in [1.54, 1.807) is 0 Å². The number of fused-ring (bicyclic) bond motifs is 6. The van der Waals surface area contributed by atoms with E-state index in [1.165, 1.54) is 54.9 Å². The molecule has 0 N–H and O–H groups in total. The molecule has 8 aromatic carbocycles. The zero-order valence-corrected chi connectivity index (χ0v) is 23.3. The van der Waals surface area contributed by atoms with Gasteiger partial charge in [-0.25, -0.2) is 0 Å². The molecule has 1 heteroatoms. The second-order valence-electron chi connectivity index (χ2n) is 11.2. The van der Waals surface area contributed by atoms with Gasteiger partial charge in [0.05, 0.1) is 1.37 Å². The summed E-state index contributed by atoms with van der Waals surface area (Å²) in [5, 5.41) is 9.43. The number of hydrogen-bond donors (Lipinski definition) is 0. The van der Waals surface area contributed by atoms with Gasteiger partial charge in [0.2, 0.25) is 0 Å². The van der Waals surface area contributed by atoms with Crippen LogP contribution in [0, 0.1) is 0 Å². The Kier molecular flexibility index (Phi) is 5.04. The van der Waals surface area contributed by atoms with Crippen molar-refractivity contribution in [3.8, 4) is 33.4 Å². The second kappa shape index (κ2) is 9.44. The molecule has 0 aliphatic carbocycles. The molecule has 1 aromatic heterocycles. The molecule has 0 spiro atoms. The number of hydrogen-bond acceptors (Lipinski definition) is 1. The van der Waals surface area contributed by atoms with Crippen LogP contribution in [0.5, 0.6) is 0 Å². The van der Waals surface area contributed by atoms with Crippen molar-refractivity contribution in [2.24, 2.45) is 0 Å². The fraction of sp³-hybridized carbons (Fsp3) is 0. The van der Waals surface area contributed by atoms with Gasteiger partial charge >= 0.3 is 0 Å². The van der Waals surface area contributed by atoms with Crippen LogP contribution >= 0.6 is 0 Å². The van der Waals surface area contributed by atoms with Crippen LogP contribution < -0.4 is 0 Å². The predicted octanol–water partition coefficient (Wildman–Crippen LogP) is 12.0. The van der Waals surface area contributed by atoms with E-state index in [9.17, 15) is 0 Å². The summed E-state index contributed by atoms with van der Waals surface area (Å²) in [5.41, 5.74) is 9.00. The second-order valence-corrected chi connectivity index (χ2v) is 11.2. The molecule has 0 saturated heterocycles. The van der Waals surface area contributed by atoms with Gasteiger partial charge in [-0.3, -0.25) is 0 Å². The van der Waals surface area contributed by atoms with Crippen molar-refractivity contribution in [3.05, 3.63) is 158 Å². The summed E-state index contributed by atoms with van der Waals surface area (Å²) >= 11 is 0. The highest BCUT2D eigenvalue weighted by Crippen LogP contribution is 2.45. The van der Waals surface area contributed by atoms with Gasteiger partial charge in [0.15, 0.2) is 0 Å². The van der Waals surface area contributed by atoms with Crippen LogP contribution in [0.4, 0.5) is 0 Å². The summed E-state index contributed by atoms with van der Waals surface area (Å²) in [7, 11) is 0. The van der Waals surface area contributed by atoms with Crippen LogP contribution in [-0.4, -0.2) is 0 Å². The molecule has 9 rings (SSSR count). The van der Waals surface area contributed by atoms with Gasteiger partial charge in [0.1, 0.15) is 11.2 Å². The Morgan fingerprint density at radius 1 is 0.395 bits per heavy atom. The van der Waals surface area contributed by atoms with Gasteiger partial charge in [-0.1, -0.05) is 133 Å². The molecule has 0 aliphatic heterocycles. The number of para-hydroxylation sites is 1. The Bertz CT molecular complexity index is 2510. The van der Waals surface area contributed by atoms with E-state index in [4.69, 9.17) is 5.79 Å². The molecule has 0 radical (unpaired) electrons. The average molecular weight is 548 g/mol. The first-order valence-corrected chi connectivity index (χ1v) is 14.7. The molecule has 1 heterocycles. The third-order valence-corrected chi connectivity index (χ3v) is 8.77. The standard InChI is InChI=1S/C42H26O/c1-2-12-28-25-31(24-23-27(28)11-1)41-35-17-5-3-15-33(35)40(34-16-4-6-18-36(34)41)30-14-9-13-29(26-30)32-20-10-22-39-42(32)37-19-7-8-21-38(37)43-39/h1-26H/i1D. The van der Waals surface area contributed by atoms with Crippen molar-refractivity contribution in [2.45, 2.75) is 0 Å². The molecule has 0 aliphatic rings. The van der Waals surface area contributed by atoms with Crippen LogP contribution in [0.2, 0.25) is 0 Å². The largest absolute Gasteiger partial charge is 0.456 e. The summed E-state index contributed by atoms with van der Waals surface area (Å²) in [6.07, 6.45) is 0. The van der Waals surface area contributed by atoms with Crippen molar-refractivity contribution in [1.29, 1.82) is 0 Å². The van der Waals surface area contributed by atoms with Crippen molar-refractivity contribution in [1.82, 2.24) is 0 Å². The summed E-state index contributed by atoms with van der Waals surface area (Å²) in [4.78, 5) is 0. The molecule has 0 fully saturated rings. The van der Waals surface area contributed by atoms with E-state index in [0.717, 1.165) is 32.7 Å². The lowest BCUT2D eigenvalue weighted by Gasteiger charge is -2.18. The molecule has 9 aromatic rings. The highest BCUT2D eigenvalue weighted by atomic mass is 16.3. The van der Waals surface area contributed by atoms with E-state index in [0.29, 0.717) is 6.04 Å². The Morgan fingerprint density at radius 2 is 1.00 bits per heavy atom. The number of benzene rings is 8. The fourth-order valence-corrected chi connectivity index (χ4v) is 6.89. The first kappa shape index (κ1) is 23.0. The van der Waals surface area contributed by atoms with Crippen molar-refractivity contribution in [3.63, 3.8) is 0 Å². The van der Waals surface area contributed by atoms with Crippen LogP contribution in [0.3, 0.4) is 0 Å². The fourth-order valence-electron chi connectivity index (χ4n) is 6.89. The molecular weight excluding hydrogens is 520 g/mol. The Labute approximate surface area is 250 Å². The Morgan fingerprint density at radius 3 is 1.74 bits per heavy atom. The normalized spacial score (nSPS) is 12.0. The monoisotopic (exact) mass is 547 g/mol. The van der Waals surface area contributed by atoms with Crippen LogP contribution in [0.1, 0.15) is 1.37 Å². The van der Waals surface area contributed by atoms with Gasteiger partial charge in [-0.2, -0.15) is 0 Å². The lowest BCUT2D eigenvalue weighted by Crippen LogP contribution is -1.91.